The normalized spacial score (nSPS) is 14.6. The number of anilines is 1. The van der Waals surface area contributed by atoms with Gasteiger partial charge in [0.25, 0.3) is 0 Å². The monoisotopic (exact) mass is 238 g/mol. The molecule has 2 rings (SSSR count). The van der Waals surface area contributed by atoms with Gasteiger partial charge in [0.1, 0.15) is 5.82 Å². The average molecular weight is 238 g/mol. The first-order valence-corrected chi connectivity index (χ1v) is 6.44. The van der Waals surface area contributed by atoms with Gasteiger partial charge in [-0.2, -0.15) is 0 Å². The number of carbonyl (C=O) groups excluding carboxylic acids is 1. The Bertz CT molecular complexity index is 410. The summed E-state index contributed by atoms with van der Waals surface area (Å²) in [6.07, 6.45) is 4.62. The second-order valence-corrected chi connectivity index (χ2v) is 4.29. The van der Waals surface area contributed by atoms with E-state index in [0.717, 1.165) is 17.8 Å². The molecule has 6 heteroatoms. The number of thioether (sulfide) groups is 1. The molecule has 0 fully saturated rings. The molecule has 0 atom stereocenters. The van der Waals surface area contributed by atoms with E-state index in [9.17, 15) is 4.79 Å². The van der Waals surface area contributed by atoms with Crippen molar-refractivity contribution in [1.29, 1.82) is 0 Å². The van der Waals surface area contributed by atoms with E-state index in [4.69, 9.17) is 0 Å². The summed E-state index contributed by atoms with van der Waals surface area (Å²) in [5, 5.41) is 3.51. The van der Waals surface area contributed by atoms with Gasteiger partial charge in [0.15, 0.2) is 5.16 Å². The summed E-state index contributed by atoms with van der Waals surface area (Å²) in [5.74, 6) is 0.755. The zero-order chi connectivity index (χ0) is 11.5. The van der Waals surface area contributed by atoms with Gasteiger partial charge in [-0.25, -0.2) is 14.8 Å². The number of fused-ring (bicyclic) bond motifs is 1. The van der Waals surface area contributed by atoms with Gasteiger partial charge in [-0.1, -0.05) is 18.7 Å². The van der Waals surface area contributed by atoms with Crippen LogP contribution in [0.3, 0.4) is 0 Å². The third-order valence-corrected chi connectivity index (χ3v) is 2.94. The number of urea groups is 1. The van der Waals surface area contributed by atoms with Crippen molar-refractivity contribution >= 4 is 23.6 Å². The lowest BCUT2D eigenvalue weighted by atomic mass is 10.2. The Morgan fingerprint density at radius 1 is 1.62 bits per heavy atom. The molecular weight excluding hydrogens is 224 g/mol. The van der Waals surface area contributed by atoms with Crippen molar-refractivity contribution in [2.24, 2.45) is 0 Å². The number of carbonyl (C=O) groups is 1. The van der Waals surface area contributed by atoms with Gasteiger partial charge in [0.2, 0.25) is 0 Å². The topological polar surface area (TPSA) is 58.1 Å². The lowest BCUT2D eigenvalue weighted by Gasteiger charge is -2.28. The Kier molecular flexibility index (Phi) is 3.28. The number of hydrogen-bond acceptors (Lipinski definition) is 4. The number of amides is 2. The van der Waals surface area contributed by atoms with Gasteiger partial charge >= 0.3 is 6.03 Å². The third kappa shape index (κ3) is 1.97. The molecule has 0 saturated carbocycles. The van der Waals surface area contributed by atoms with Crippen LogP contribution in [0.5, 0.6) is 0 Å². The van der Waals surface area contributed by atoms with Crippen LogP contribution in [-0.2, 0) is 6.54 Å². The maximum absolute atomic E-state index is 11.7. The summed E-state index contributed by atoms with van der Waals surface area (Å²) in [6.45, 7) is 3.24. The van der Waals surface area contributed by atoms with Gasteiger partial charge < -0.3 is 5.32 Å². The van der Waals surface area contributed by atoms with Crippen LogP contribution in [0.4, 0.5) is 10.6 Å². The Morgan fingerprint density at radius 2 is 2.44 bits per heavy atom. The lowest BCUT2D eigenvalue weighted by molar-refractivity contribution is 0.244. The summed E-state index contributed by atoms with van der Waals surface area (Å²) >= 11 is 1.48. The average Bonchev–Trinajstić information content (AvgIpc) is 2.32. The van der Waals surface area contributed by atoms with Crippen molar-refractivity contribution in [3.8, 4) is 0 Å². The molecule has 2 heterocycles. The van der Waals surface area contributed by atoms with Crippen molar-refractivity contribution in [2.75, 3.05) is 17.7 Å². The van der Waals surface area contributed by atoms with Gasteiger partial charge in [0.05, 0.1) is 0 Å². The Hall–Kier alpha value is -1.30. The van der Waals surface area contributed by atoms with E-state index >= 15 is 0 Å². The Balaban J connectivity index is 2.39. The molecule has 1 aliphatic heterocycles. The van der Waals surface area contributed by atoms with Crippen LogP contribution < -0.4 is 10.2 Å². The van der Waals surface area contributed by atoms with Crippen molar-refractivity contribution in [2.45, 2.75) is 25.0 Å². The molecule has 86 valence electrons. The molecule has 0 aromatic carbocycles. The van der Waals surface area contributed by atoms with Gasteiger partial charge in [0, 0.05) is 24.8 Å². The highest BCUT2D eigenvalue weighted by atomic mass is 32.2. The Morgan fingerprint density at radius 3 is 3.12 bits per heavy atom. The van der Waals surface area contributed by atoms with Crippen LogP contribution >= 0.6 is 11.8 Å². The smallest absolute Gasteiger partial charge is 0.323 e. The maximum Gasteiger partial charge on any atom is 0.323 e. The highest BCUT2D eigenvalue weighted by molar-refractivity contribution is 7.98. The molecular formula is C10H14N4OS. The van der Waals surface area contributed by atoms with E-state index < -0.39 is 0 Å². The third-order valence-electron chi connectivity index (χ3n) is 2.38. The van der Waals surface area contributed by atoms with Crippen molar-refractivity contribution < 1.29 is 4.79 Å². The highest BCUT2D eigenvalue weighted by Gasteiger charge is 2.24. The van der Waals surface area contributed by atoms with E-state index in [0.29, 0.717) is 18.2 Å². The number of aromatic nitrogens is 2. The SMILES string of the molecule is CCCN1C(=O)NCc2cnc(SC)nc21. The van der Waals surface area contributed by atoms with Gasteiger partial charge in [-0.3, -0.25) is 4.90 Å². The van der Waals surface area contributed by atoms with E-state index in [1.165, 1.54) is 11.8 Å². The molecule has 5 nitrogen and oxygen atoms in total. The molecule has 2 amide bonds. The first kappa shape index (κ1) is 11.2. The molecule has 1 aromatic rings. The quantitative estimate of drug-likeness (QED) is 0.642. The zero-order valence-electron chi connectivity index (χ0n) is 9.36. The summed E-state index contributed by atoms with van der Waals surface area (Å²) in [5.41, 5.74) is 0.978. The fourth-order valence-corrected chi connectivity index (χ4v) is 1.97. The number of nitrogens with one attached hydrogen (secondary N) is 1. The minimum Gasteiger partial charge on any atom is -0.333 e. The molecule has 16 heavy (non-hydrogen) atoms. The van der Waals surface area contributed by atoms with Crippen LogP contribution in [0.1, 0.15) is 18.9 Å². The van der Waals surface area contributed by atoms with Crippen LogP contribution in [0.15, 0.2) is 11.4 Å². The molecule has 1 aromatic heterocycles. The fraction of sp³-hybridized carbons (Fsp3) is 0.500. The van der Waals surface area contributed by atoms with E-state index in [2.05, 4.69) is 15.3 Å². The number of nitrogens with zero attached hydrogens (tertiary/aromatic N) is 3. The van der Waals surface area contributed by atoms with Crippen LogP contribution in [0.25, 0.3) is 0 Å². The largest absolute Gasteiger partial charge is 0.333 e. The van der Waals surface area contributed by atoms with Gasteiger partial charge in [-0.15, -0.1) is 0 Å². The predicted molar refractivity (Wildman–Crippen MR) is 63.7 cm³/mol. The standard InChI is InChI=1S/C10H14N4OS/c1-3-4-14-8-7(6-12-10(14)15)5-11-9(13-8)16-2/h5H,3-4,6H2,1-2H3,(H,12,15). The summed E-state index contributed by atoms with van der Waals surface area (Å²) in [6, 6.07) is -0.0693. The summed E-state index contributed by atoms with van der Waals surface area (Å²) in [4.78, 5) is 22.0. The van der Waals surface area contributed by atoms with Crippen molar-refractivity contribution in [3.05, 3.63) is 11.8 Å². The van der Waals surface area contributed by atoms with E-state index in [1.807, 2.05) is 13.2 Å². The number of rotatable bonds is 3. The minimum absolute atomic E-state index is 0.0693. The van der Waals surface area contributed by atoms with Gasteiger partial charge in [-0.05, 0) is 12.7 Å². The summed E-state index contributed by atoms with van der Waals surface area (Å²) in [7, 11) is 0. The second kappa shape index (κ2) is 4.69. The fourth-order valence-electron chi connectivity index (χ4n) is 1.63. The van der Waals surface area contributed by atoms with E-state index in [1.54, 1.807) is 11.1 Å². The maximum atomic E-state index is 11.7. The van der Waals surface area contributed by atoms with E-state index in [-0.39, 0.29) is 6.03 Å². The summed E-state index contributed by atoms with van der Waals surface area (Å²) < 4.78 is 0. The van der Waals surface area contributed by atoms with Crippen LogP contribution in [0, 0.1) is 0 Å². The van der Waals surface area contributed by atoms with Crippen molar-refractivity contribution in [3.63, 3.8) is 0 Å². The lowest BCUT2D eigenvalue weighted by Crippen LogP contribution is -2.45. The minimum atomic E-state index is -0.0693. The highest BCUT2D eigenvalue weighted by Crippen LogP contribution is 2.23. The molecule has 0 spiro atoms. The number of hydrogen-bond donors (Lipinski definition) is 1. The molecule has 0 aliphatic carbocycles. The molecule has 0 radical (unpaired) electrons. The van der Waals surface area contributed by atoms with Crippen molar-refractivity contribution in [1.82, 2.24) is 15.3 Å². The Labute approximate surface area is 98.6 Å². The predicted octanol–water partition coefficient (Wildman–Crippen LogP) is 1.64. The molecule has 1 aliphatic rings. The molecule has 0 unspecified atom stereocenters. The molecule has 1 N–H and O–H groups in total. The first-order valence-electron chi connectivity index (χ1n) is 5.21. The van der Waals surface area contributed by atoms with Crippen LogP contribution in [-0.4, -0.2) is 28.8 Å². The zero-order valence-corrected chi connectivity index (χ0v) is 10.2. The molecule has 0 bridgehead atoms. The second-order valence-electron chi connectivity index (χ2n) is 3.52. The van der Waals surface area contributed by atoms with Crippen LogP contribution in [0.2, 0.25) is 0 Å². The first-order chi connectivity index (χ1) is 7.76. The molecule has 0 saturated heterocycles.